The number of hydrogen-bond donors (Lipinski definition) is 2. The molecule has 0 aromatic heterocycles. The van der Waals surface area contributed by atoms with E-state index in [1.54, 1.807) is 0 Å². The largest absolute Gasteiger partial charge is 0.491 e. The average molecular weight is 339 g/mol. The van der Waals surface area contributed by atoms with Crippen LogP contribution in [-0.2, 0) is 9.31 Å². The van der Waals surface area contributed by atoms with Crippen molar-refractivity contribution < 1.29 is 28.0 Å². The number of halogens is 2. The van der Waals surface area contributed by atoms with Gasteiger partial charge >= 0.3 is 13.1 Å². The maximum atomic E-state index is 14.1. The van der Waals surface area contributed by atoms with Crippen LogP contribution in [0.3, 0.4) is 0 Å². The lowest BCUT2D eigenvalue weighted by atomic mass is 9.77. The molecule has 2 rings (SSSR count). The van der Waals surface area contributed by atoms with Crippen molar-refractivity contribution in [3.63, 3.8) is 0 Å². The third-order valence-electron chi connectivity index (χ3n) is 4.45. The van der Waals surface area contributed by atoms with Gasteiger partial charge in [-0.05, 0) is 45.3 Å². The van der Waals surface area contributed by atoms with Gasteiger partial charge in [0.1, 0.15) is 11.6 Å². The monoisotopic (exact) mass is 339 g/mol. The molecule has 1 aliphatic heterocycles. The van der Waals surface area contributed by atoms with Gasteiger partial charge in [0.05, 0.1) is 16.8 Å². The van der Waals surface area contributed by atoms with Gasteiger partial charge in [0.25, 0.3) is 0 Å². The van der Waals surface area contributed by atoms with Gasteiger partial charge in [0.2, 0.25) is 0 Å². The fourth-order valence-electron chi connectivity index (χ4n) is 2.25. The van der Waals surface area contributed by atoms with Crippen LogP contribution in [-0.4, -0.2) is 35.9 Å². The first kappa shape index (κ1) is 18.6. The number of rotatable bonds is 4. The second kappa shape index (κ2) is 6.27. The number of carboxylic acid groups (broad SMARTS) is 1. The zero-order valence-electron chi connectivity index (χ0n) is 14.0. The molecule has 0 aliphatic carbocycles. The Morgan fingerprint density at radius 1 is 1.21 bits per heavy atom. The van der Waals surface area contributed by atoms with Crippen LogP contribution in [0.4, 0.5) is 8.78 Å². The molecule has 24 heavy (non-hydrogen) atoms. The van der Waals surface area contributed by atoms with E-state index in [1.807, 2.05) is 27.7 Å². The molecule has 0 saturated carbocycles. The van der Waals surface area contributed by atoms with Crippen molar-refractivity contribution in [3.8, 4) is 0 Å². The predicted octanol–water partition coefficient (Wildman–Crippen LogP) is 2.64. The normalized spacial score (nSPS) is 19.6. The molecule has 5 nitrogen and oxygen atoms in total. The summed E-state index contributed by atoms with van der Waals surface area (Å²) in [5.74, 6) is -3.39. The summed E-state index contributed by atoms with van der Waals surface area (Å²) in [6.07, 6.45) is 1.21. The summed E-state index contributed by atoms with van der Waals surface area (Å²) in [6.45, 7) is 7.37. The highest BCUT2D eigenvalue weighted by molar-refractivity contribution is 6.55. The van der Waals surface area contributed by atoms with Gasteiger partial charge in [-0.1, -0.05) is 6.08 Å². The van der Waals surface area contributed by atoms with E-state index in [9.17, 15) is 13.6 Å². The van der Waals surface area contributed by atoms with Crippen molar-refractivity contribution in [1.29, 1.82) is 0 Å². The second-order valence-corrected chi connectivity index (χ2v) is 6.67. The Labute approximate surface area is 139 Å². The minimum atomic E-state index is -1.41. The summed E-state index contributed by atoms with van der Waals surface area (Å²) >= 11 is 0. The zero-order valence-corrected chi connectivity index (χ0v) is 14.0. The highest BCUT2D eigenvalue weighted by Crippen LogP contribution is 2.38. The van der Waals surface area contributed by atoms with Crippen molar-refractivity contribution in [2.24, 2.45) is 5.73 Å². The van der Waals surface area contributed by atoms with Crippen LogP contribution in [0.1, 0.15) is 43.6 Å². The number of nitrogens with two attached hydrogens (primary N) is 1. The molecule has 1 heterocycles. The van der Waals surface area contributed by atoms with E-state index in [4.69, 9.17) is 20.1 Å². The Balaban J connectivity index is 2.41. The molecule has 0 atom stereocenters. The summed E-state index contributed by atoms with van der Waals surface area (Å²) in [4.78, 5) is 10.8. The number of benzene rings is 1. The molecule has 0 bridgehead atoms. The Bertz CT molecular complexity index is 664. The highest BCUT2D eigenvalue weighted by atomic mass is 19.1. The first-order chi connectivity index (χ1) is 11.0. The topological polar surface area (TPSA) is 81.8 Å². The van der Waals surface area contributed by atoms with Crippen LogP contribution in [0.2, 0.25) is 0 Å². The molecule has 130 valence electrons. The maximum absolute atomic E-state index is 14.1. The fraction of sp³-hybridized carbons (Fsp3) is 0.438. The van der Waals surface area contributed by atoms with E-state index in [0.717, 1.165) is 12.1 Å². The van der Waals surface area contributed by atoms with Gasteiger partial charge < -0.3 is 20.1 Å². The van der Waals surface area contributed by atoms with E-state index >= 15 is 0 Å². The summed E-state index contributed by atoms with van der Waals surface area (Å²) in [5.41, 5.74) is 3.97. The predicted molar refractivity (Wildman–Crippen MR) is 86.4 cm³/mol. The number of hydrogen-bond acceptors (Lipinski definition) is 4. The van der Waals surface area contributed by atoms with Gasteiger partial charge in [-0.15, -0.1) is 0 Å². The summed E-state index contributed by atoms with van der Waals surface area (Å²) in [6, 6.07) is 1.52. The Morgan fingerprint density at radius 2 is 1.67 bits per heavy atom. The smallest absolute Gasteiger partial charge is 0.478 e. The number of carbonyl (C=O) groups is 1. The van der Waals surface area contributed by atoms with Crippen LogP contribution >= 0.6 is 0 Å². The average Bonchev–Trinajstić information content (AvgIpc) is 2.66. The number of aromatic carboxylic acids is 1. The third-order valence-corrected chi connectivity index (χ3v) is 4.45. The molecule has 1 aromatic carbocycles. The molecule has 0 amide bonds. The highest BCUT2D eigenvalue weighted by Gasteiger charge is 2.52. The summed E-state index contributed by atoms with van der Waals surface area (Å²) in [5, 5.41) is 8.83. The van der Waals surface area contributed by atoms with Gasteiger partial charge in [-0.25, -0.2) is 13.6 Å². The molecule has 1 aliphatic rings. The molecular weight excluding hydrogens is 319 g/mol. The van der Waals surface area contributed by atoms with Crippen molar-refractivity contribution in [1.82, 2.24) is 0 Å². The van der Waals surface area contributed by atoms with Crippen LogP contribution < -0.4 is 5.73 Å². The molecule has 1 fully saturated rings. The van der Waals surface area contributed by atoms with Crippen LogP contribution in [0.15, 0.2) is 17.6 Å². The van der Waals surface area contributed by atoms with Gasteiger partial charge in [0, 0.05) is 12.1 Å². The first-order valence-corrected chi connectivity index (χ1v) is 7.47. The molecule has 1 saturated heterocycles. The fourth-order valence-corrected chi connectivity index (χ4v) is 2.25. The lowest BCUT2D eigenvalue weighted by molar-refractivity contribution is 0.00578. The van der Waals surface area contributed by atoms with E-state index in [-0.39, 0.29) is 12.1 Å². The SMILES string of the molecule is CC1(C)OB(C(=Cc2c(F)cc(C(=O)O)cc2F)CN)OC1(C)C. The lowest BCUT2D eigenvalue weighted by Gasteiger charge is -2.32. The Morgan fingerprint density at radius 3 is 2.04 bits per heavy atom. The van der Waals surface area contributed by atoms with Crippen LogP contribution in [0, 0.1) is 11.6 Å². The first-order valence-electron chi connectivity index (χ1n) is 7.47. The number of carboxylic acids is 1. The van der Waals surface area contributed by atoms with E-state index in [1.165, 1.54) is 6.08 Å². The van der Waals surface area contributed by atoms with Crippen molar-refractivity contribution in [2.75, 3.05) is 6.54 Å². The third kappa shape index (κ3) is 3.36. The Kier molecular flexibility index (Phi) is 4.85. The van der Waals surface area contributed by atoms with Gasteiger partial charge in [0.15, 0.2) is 0 Å². The van der Waals surface area contributed by atoms with Gasteiger partial charge in [-0.3, -0.25) is 0 Å². The van der Waals surface area contributed by atoms with Crippen LogP contribution in [0.5, 0.6) is 0 Å². The standard InChI is InChI=1S/C16H20BF2NO4/c1-15(2)16(3,4)24-17(23-15)10(8-20)7-11-12(18)5-9(14(21)22)6-13(11)19/h5-7H,8,20H2,1-4H3,(H,21,22). The molecule has 3 N–H and O–H groups in total. The molecule has 0 radical (unpaired) electrons. The molecule has 1 aromatic rings. The molecule has 8 heteroatoms. The quantitative estimate of drug-likeness (QED) is 0.824. The zero-order chi connectivity index (χ0) is 18.3. The van der Waals surface area contributed by atoms with E-state index in [2.05, 4.69) is 0 Å². The van der Waals surface area contributed by atoms with Crippen LogP contribution in [0.25, 0.3) is 6.08 Å². The Hall–Kier alpha value is -1.77. The van der Waals surface area contributed by atoms with E-state index in [0.29, 0.717) is 5.47 Å². The second-order valence-electron chi connectivity index (χ2n) is 6.67. The minimum Gasteiger partial charge on any atom is -0.478 e. The minimum absolute atomic E-state index is 0.0314. The van der Waals surface area contributed by atoms with Crippen molar-refractivity contribution in [2.45, 2.75) is 38.9 Å². The van der Waals surface area contributed by atoms with Crippen molar-refractivity contribution in [3.05, 3.63) is 40.4 Å². The maximum Gasteiger partial charge on any atom is 0.491 e. The molecule has 0 spiro atoms. The summed E-state index contributed by atoms with van der Waals surface area (Å²) < 4.78 is 39.8. The summed E-state index contributed by atoms with van der Waals surface area (Å²) in [7, 11) is -0.835. The molecule has 0 unspecified atom stereocenters. The van der Waals surface area contributed by atoms with Crippen molar-refractivity contribution >= 4 is 19.2 Å². The van der Waals surface area contributed by atoms with Gasteiger partial charge in [-0.2, -0.15) is 0 Å². The van der Waals surface area contributed by atoms with E-state index < -0.39 is 41.5 Å². The lowest BCUT2D eigenvalue weighted by Crippen LogP contribution is -2.41. The molecular formula is C16H20BF2NO4.